The van der Waals surface area contributed by atoms with Crippen LogP contribution in [-0.4, -0.2) is 31.5 Å². The van der Waals surface area contributed by atoms with Gasteiger partial charge >= 0.3 is 0 Å². The standard InChI is InChI=1S/C24H24FN5OS/c1-14-12-17(15(2)29(14)19-10-8-18(25)9-11-19)13-20-21(26)30-24(27-22(20)31)32-23(28-30)16-6-4-3-5-7-16/h8-13,16,26H,3-7H2,1-2H3. The van der Waals surface area contributed by atoms with Gasteiger partial charge in [-0.15, -0.1) is 0 Å². The van der Waals surface area contributed by atoms with Crippen molar-refractivity contribution in [3.05, 3.63) is 58.7 Å². The number of rotatable bonds is 3. The second-order valence-electron chi connectivity index (χ2n) is 8.43. The van der Waals surface area contributed by atoms with E-state index in [9.17, 15) is 9.18 Å². The average molecular weight is 450 g/mol. The van der Waals surface area contributed by atoms with Crippen molar-refractivity contribution in [3.8, 4) is 5.69 Å². The molecule has 0 radical (unpaired) electrons. The Morgan fingerprint density at radius 2 is 1.88 bits per heavy atom. The lowest BCUT2D eigenvalue weighted by atomic mass is 9.90. The molecule has 2 aromatic rings. The predicted molar refractivity (Wildman–Crippen MR) is 127 cm³/mol. The predicted octanol–water partition coefficient (Wildman–Crippen LogP) is 5.43. The second-order valence-corrected chi connectivity index (χ2v) is 9.42. The third kappa shape index (κ3) is 3.62. The summed E-state index contributed by atoms with van der Waals surface area (Å²) in [5, 5.41) is 16.3. The molecule has 164 valence electrons. The van der Waals surface area contributed by atoms with E-state index in [-0.39, 0.29) is 17.2 Å². The fourth-order valence-corrected chi connectivity index (χ4v) is 5.66. The Kier molecular flexibility index (Phi) is 5.33. The first-order valence-electron chi connectivity index (χ1n) is 10.9. The lowest BCUT2D eigenvalue weighted by Gasteiger charge is -2.20. The Morgan fingerprint density at radius 1 is 1.16 bits per heavy atom. The SMILES string of the molecule is Cc1cc(C=C2C(=N)N3N=C(C4CCCCC4)SC3=NC2=O)c(C)n1-c1ccc(F)cc1. The van der Waals surface area contributed by atoms with Crippen LogP contribution in [0.5, 0.6) is 0 Å². The molecule has 1 N–H and O–H groups in total. The largest absolute Gasteiger partial charge is 0.318 e. The molecule has 0 saturated heterocycles. The number of benzene rings is 1. The van der Waals surface area contributed by atoms with Crippen LogP contribution < -0.4 is 0 Å². The molecular formula is C24H24FN5OS. The topological polar surface area (TPSA) is 73.8 Å². The van der Waals surface area contributed by atoms with Gasteiger partial charge in [-0.1, -0.05) is 19.3 Å². The lowest BCUT2D eigenvalue weighted by molar-refractivity contribution is -0.114. The van der Waals surface area contributed by atoms with Crippen molar-refractivity contribution in [2.24, 2.45) is 16.0 Å². The molecule has 2 aliphatic heterocycles. The lowest BCUT2D eigenvalue weighted by Crippen LogP contribution is -2.35. The summed E-state index contributed by atoms with van der Waals surface area (Å²) < 4.78 is 15.4. The highest BCUT2D eigenvalue weighted by Gasteiger charge is 2.38. The minimum atomic E-state index is -0.416. The van der Waals surface area contributed by atoms with Crippen LogP contribution >= 0.6 is 11.8 Å². The summed E-state index contributed by atoms with van der Waals surface area (Å²) in [5.41, 5.74) is 3.74. The van der Waals surface area contributed by atoms with Gasteiger partial charge in [0.15, 0.2) is 5.84 Å². The van der Waals surface area contributed by atoms with Crippen molar-refractivity contribution in [1.29, 1.82) is 5.41 Å². The highest BCUT2D eigenvalue weighted by Crippen LogP contribution is 2.36. The van der Waals surface area contributed by atoms with Gasteiger partial charge in [-0.25, -0.2) is 4.39 Å². The van der Waals surface area contributed by atoms with Gasteiger partial charge in [0.1, 0.15) is 10.9 Å². The number of aliphatic imine (C=N–C) groups is 1. The monoisotopic (exact) mass is 449 g/mol. The van der Waals surface area contributed by atoms with Crippen molar-refractivity contribution in [3.63, 3.8) is 0 Å². The number of aryl methyl sites for hydroxylation is 1. The number of fused-ring (bicyclic) bond motifs is 1. The maximum atomic E-state index is 13.3. The molecule has 5 rings (SSSR count). The van der Waals surface area contributed by atoms with Gasteiger partial charge < -0.3 is 4.57 Å². The fourth-order valence-electron chi connectivity index (χ4n) is 4.60. The van der Waals surface area contributed by atoms with E-state index in [0.29, 0.717) is 11.1 Å². The molecule has 1 fully saturated rings. The number of nitrogens with zero attached hydrogens (tertiary/aromatic N) is 4. The number of halogens is 1. The molecule has 6 nitrogen and oxygen atoms in total. The molecule has 1 aliphatic carbocycles. The summed E-state index contributed by atoms with van der Waals surface area (Å²) in [5.74, 6) is -0.248. The number of carbonyl (C=O) groups is 1. The van der Waals surface area contributed by atoms with E-state index >= 15 is 0 Å². The Bertz CT molecular complexity index is 1200. The summed E-state index contributed by atoms with van der Waals surface area (Å²) in [6.45, 7) is 3.90. The molecule has 0 unspecified atom stereocenters. The van der Waals surface area contributed by atoms with Crippen LogP contribution in [0.3, 0.4) is 0 Å². The number of amidine groups is 2. The van der Waals surface area contributed by atoms with Gasteiger partial charge in [0.2, 0.25) is 5.17 Å². The van der Waals surface area contributed by atoms with Crippen molar-refractivity contribution >= 4 is 39.8 Å². The van der Waals surface area contributed by atoms with Crippen LogP contribution in [-0.2, 0) is 4.79 Å². The van der Waals surface area contributed by atoms with E-state index in [4.69, 9.17) is 5.41 Å². The number of hydrogen-bond donors (Lipinski definition) is 1. The summed E-state index contributed by atoms with van der Waals surface area (Å²) in [7, 11) is 0. The van der Waals surface area contributed by atoms with Crippen LogP contribution in [0.15, 0.2) is 46.0 Å². The molecule has 32 heavy (non-hydrogen) atoms. The first kappa shape index (κ1) is 20.9. The Labute approximate surface area is 190 Å². The molecule has 1 aromatic heterocycles. The third-order valence-electron chi connectivity index (χ3n) is 6.28. The van der Waals surface area contributed by atoms with Crippen LogP contribution in [0, 0.1) is 31.0 Å². The number of nitrogens with one attached hydrogen (secondary N) is 1. The zero-order valence-corrected chi connectivity index (χ0v) is 18.9. The minimum absolute atomic E-state index is 0.0601. The minimum Gasteiger partial charge on any atom is -0.318 e. The van der Waals surface area contributed by atoms with E-state index in [2.05, 4.69) is 10.1 Å². The van der Waals surface area contributed by atoms with E-state index in [1.54, 1.807) is 18.2 Å². The van der Waals surface area contributed by atoms with Crippen molar-refractivity contribution in [2.45, 2.75) is 46.0 Å². The second kappa shape index (κ2) is 8.16. The summed E-state index contributed by atoms with van der Waals surface area (Å²) in [4.78, 5) is 17.0. The summed E-state index contributed by atoms with van der Waals surface area (Å²) >= 11 is 1.43. The fraction of sp³-hybridized carbons (Fsp3) is 0.333. The molecule has 8 heteroatoms. The quantitative estimate of drug-likeness (QED) is 0.635. The molecule has 0 bridgehead atoms. The highest BCUT2D eigenvalue weighted by molar-refractivity contribution is 8.27. The zero-order chi connectivity index (χ0) is 22.4. The van der Waals surface area contributed by atoms with Crippen molar-refractivity contribution < 1.29 is 9.18 Å². The van der Waals surface area contributed by atoms with Gasteiger partial charge in [0.05, 0.1) is 5.57 Å². The number of hydrazone groups is 1. The zero-order valence-electron chi connectivity index (χ0n) is 18.1. The Morgan fingerprint density at radius 3 is 2.59 bits per heavy atom. The number of thioether (sulfide) groups is 1. The Balaban J connectivity index is 1.47. The van der Waals surface area contributed by atoms with Gasteiger partial charge in [-0.05, 0) is 80.4 Å². The van der Waals surface area contributed by atoms with Gasteiger partial charge in [-0.3, -0.25) is 10.2 Å². The normalized spacial score (nSPS) is 20.6. The highest BCUT2D eigenvalue weighted by atomic mass is 32.2. The maximum absolute atomic E-state index is 13.3. The van der Waals surface area contributed by atoms with Crippen LogP contribution in [0.2, 0.25) is 0 Å². The van der Waals surface area contributed by atoms with Crippen molar-refractivity contribution in [2.75, 3.05) is 0 Å². The first-order chi connectivity index (χ1) is 15.4. The number of carbonyl (C=O) groups excluding carboxylic acids is 1. The van der Waals surface area contributed by atoms with Crippen LogP contribution in [0.4, 0.5) is 4.39 Å². The summed E-state index contributed by atoms with van der Waals surface area (Å²) in [6, 6.07) is 8.26. The third-order valence-corrected chi connectivity index (χ3v) is 7.35. The average Bonchev–Trinajstić information content (AvgIpc) is 3.33. The molecule has 1 saturated carbocycles. The Hall–Kier alpha value is -3.00. The number of hydrogen-bond acceptors (Lipinski definition) is 4. The maximum Gasteiger partial charge on any atom is 0.283 e. The molecule has 3 aliphatic rings. The molecule has 1 amide bonds. The molecule has 1 aromatic carbocycles. The van der Waals surface area contributed by atoms with Gasteiger partial charge in [0, 0.05) is 23.0 Å². The van der Waals surface area contributed by atoms with E-state index < -0.39 is 5.91 Å². The summed E-state index contributed by atoms with van der Waals surface area (Å²) in [6.07, 6.45) is 7.57. The smallest absolute Gasteiger partial charge is 0.283 e. The molecule has 0 atom stereocenters. The van der Waals surface area contributed by atoms with Crippen LogP contribution in [0.1, 0.15) is 49.1 Å². The molecular weight excluding hydrogens is 425 g/mol. The molecule has 3 heterocycles. The number of amides is 1. The van der Waals surface area contributed by atoms with Gasteiger partial charge in [0.25, 0.3) is 5.91 Å². The first-order valence-corrected chi connectivity index (χ1v) is 11.7. The van der Waals surface area contributed by atoms with E-state index in [0.717, 1.165) is 40.5 Å². The number of aromatic nitrogens is 1. The van der Waals surface area contributed by atoms with E-state index in [1.807, 2.05) is 24.5 Å². The van der Waals surface area contributed by atoms with Crippen LogP contribution in [0.25, 0.3) is 11.8 Å². The van der Waals surface area contributed by atoms with Gasteiger partial charge in [-0.2, -0.15) is 15.1 Å². The molecule has 0 spiro atoms. The van der Waals surface area contributed by atoms with E-state index in [1.165, 1.54) is 48.2 Å². The van der Waals surface area contributed by atoms with Crippen molar-refractivity contribution in [1.82, 2.24) is 9.58 Å².